The van der Waals surface area contributed by atoms with E-state index in [9.17, 15) is 4.79 Å². The van der Waals surface area contributed by atoms with Crippen molar-refractivity contribution in [3.05, 3.63) is 28.7 Å². The number of ether oxygens (including phenoxy) is 1. The Kier molecular flexibility index (Phi) is 16.1. The lowest BCUT2D eigenvalue weighted by molar-refractivity contribution is -0.123. The van der Waals surface area contributed by atoms with Crippen LogP contribution in [0.4, 0.5) is 0 Å². The molecule has 0 bridgehead atoms. The van der Waals surface area contributed by atoms with Crippen molar-refractivity contribution in [3.8, 4) is 5.75 Å². The first kappa shape index (κ1) is 25.0. The molecule has 0 radical (unpaired) electrons. The summed E-state index contributed by atoms with van der Waals surface area (Å²) in [4.78, 5) is 11.8. The van der Waals surface area contributed by atoms with Crippen molar-refractivity contribution in [1.29, 1.82) is 0 Å². The molecule has 1 amide bonds. The van der Waals surface area contributed by atoms with E-state index in [0.717, 1.165) is 23.2 Å². The third-order valence-electron chi connectivity index (χ3n) is 5.04. The highest BCUT2D eigenvalue weighted by Gasteiger charge is 2.02. The van der Waals surface area contributed by atoms with E-state index < -0.39 is 0 Å². The van der Waals surface area contributed by atoms with Gasteiger partial charge in [0.2, 0.25) is 0 Å². The van der Waals surface area contributed by atoms with Gasteiger partial charge in [-0.15, -0.1) is 0 Å². The molecule has 1 N–H and O–H groups in total. The van der Waals surface area contributed by atoms with Gasteiger partial charge in [-0.25, -0.2) is 0 Å². The summed E-state index contributed by atoms with van der Waals surface area (Å²) in [5, 5.41) is 2.93. The molecule has 0 aliphatic heterocycles. The van der Waals surface area contributed by atoms with Crippen LogP contribution in [0, 0.1) is 0 Å². The smallest absolute Gasteiger partial charge is 0.257 e. The van der Waals surface area contributed by atoms with Crippen LogP contribution in [0.25, 0.3) is 0 Å². The largest absolute Gasteiger partial charge is 0.484 e. The maximum atomic E-state index is 11.8. The van der Waals surface area contributed by atoms with Crippen LogP contribution in [-0.2, 0) is 4.79 Å². The van der Waals surface area contributed by atoms with Gasteiger partial charge in [0, 0.05) is 11.0 Å². The summed E-state index contributed by atoms with van der Waals surface area (Å²) >= 11 is 3.38. The van der Waals surface area contributed by atoms with E-state index in [0.29, 0.717) is 0 Å². The summed E-state index contributed by atoms with van der Waals surface area (Å²) < 4.78 is 6.47. The number of carbonyl (C=O) groups is 1. The van der Waals surface area contributed by atoms with Crippen molar-refractivity contribution in [2.24, 2.45) is 0 Å². The molecule has 28 heavy (non-hydrogen) atoms. The molecule has 1 rings (SSSR count). The maximum absolute atomic E-state index is 11.8. The number of rotatable bonds is 18. The van der Waals surface area contributed by atoms with Crippen LogP contribution in [-0.4, -0.2) is 19.1 Å². The topological polar surface area (TPSA) is 38.3 Å². The quantitative estimate of drug-likeness (QED) is 0.234. The Labute approximate surface area is 181 Å². The summed E-state index contributed by atoms with van der Waals surface area (Å²) in [6, 6.07) is 7.51. The standard InChI is InChI=1S/C24H40BrNO2/c1-2-3-4-5-6-7-8-9-10-11-12-13-14-15-20-26-24(27)21-28-23-18-16-22(25)17-19-23/h16-19H,2-15,20-21H2,1H3,(H,26,27). The van der Waals surface area contributed by atoms with Crippen LogP contribution in [0.5, 0.6) is 5.75 Å². The second-order valence-corrected chi connectivity index (χ2v) is 8.60. The van der Waals surface area contributed by atoms with Crippen LogP contribution in [0.15, 0.2) is 28.7 Å². The molecule has 0 spiro atoms. The van der Waals surface area contributed by atoms with Gasteiger partial charge in [-0.3, -0.25) is 4.79 Å². The van der Waals surface area contributed by atoms with Gasteiger partial charge in [-0.2, -0.15) is 0 Å². The monoisotopic (exact) mass is 453 g/mol. The molecular formula is C24H40BrNO2. The average Bonchev–Trinajstić information content (AvgIpc) is 2.70. The SMILES string of the molecule is CCCCCCCCCCCCCCCCNC(=O)COc1ccc(Br)cc1. The fraction of sp³-hybridized carbons (Fsp3) is 0.708. The van der Waals surface area contributed by atoms with Gasteiger partial charge in [-0.1, -0.05) is 106 Å². The van der Waals surface area contributed by atoms with Gasteiger partial charge in [-0.05, 0) is 30.7 Å². The van der Waals surface area contributed by atoms with Gasteiger partial charge >= 0.3 is 0 Å². The number of hydrogen-bond donors (Lipinski definition) is 1. The molecule has 0 atom stereocenters. The molecule has 0 saturated heterocycles. The van der Waals surface area contributed by atoms with Gasteiger partial charge < -0.3 is 10.1 Å². The fourth-order valence-corrected chi connectivity index (χ4v) is 3.54. The molecule has 0 aliphatic rings. The molecule has 1 aromatic rings. The van der Waals surface area contributed by atoms with Crippen molar-refractivity contribution in [2.75, 3.05) is 13.2 Å². The van der Waals surface area contributed by atoms with Crippen LogP contribution in [0.2, 0.25) is 0 Å². The Morgan fingerprint density at radius 2 is 1.25 bits per heavy atom. The Hall–Kier alpha value is -1.03. The van der Waals surface area contributed by atoms with Crippen molar-refractivity contribution in [3.63, 3.8) is 0 Å². The Bertz CT molecular complexity index is 490. The number of amides is 1. The van der Waals surface area contributed by atoms with E-state index in [1.165, 1.54) is 83.5 Å². The van der Waals surface area contributed by atoms with Gasteiger partial charge in [0.05, 0.1) is 0 Å². The van der Waals surface area contributed by atoms with E-state index in [4.69, 9.17) is 4.74 Å². The van der Waals surface area contributed by atoms with E-state index >= 15 is 0 Å². The Balaban J connectivity index is 1.80. The number of carbonyl (C=O) groups excluding carboxylic acids is 1. The van der Waals surface area contributed by atoms with Crippen molar-refractivity contribution >= 4 is 21.8 Å². The lowest BCUT2D eigenvalue weighted by Gasteiger charge is -2.07. The zero-order chi connectivity index (χ0) is 20.3. The van der Waals surface area contributed by atoms with E-state index in [2.05, 4.69) is 28.2 Å². The summed E-state index contributed by atoms with van der Waals surface area (Å²) in [6.45, 7) is 3.11. The molecular weight excluding hydrogens is 414 g/mol. The normalized spacial score (nSPS) is 10.8. The van der Waals surface area contributed by atoms with Gasteiger partial charge in [0.25, 0.3) is 5.91 Å². The highest BCUT2D eigenvalue weighted by molar-refractivity contribution is 9.10. The molecule has 0 aliphatic carbocycles. The summed E-state index contributed by atoms with van der Waals surface area (Å²) in [6.07, 6.45) is 18.9. The van der Waals surface area contributed by atoms with Crippen LogP contribution >= 0.6 is 15.9 Å². The minimum atomic E-state index is -0.0439. The molecule has 3 nitrogen and oxygen atoms in total. The molecule has 0 aromatic heterocycles. The van der Waals surface area contributed by atoms with Gasteiger partial charge in [0.15, 0.2) is 6.61 Å². The molecule has 4 heteroatoms. The predicted molar refractivity (Wildman–Crippen MR) is 123 cm³/mol. The zero-order valence-corrected chi connectivity index (χ0v) is 19.4. The van der Waals surface area contributed by atoms with Crippen LogP contribution in [0.3, 0.4) is 0 Å². The average molecular weight is 454 g/mol. The number of benzene rings is 1. The Morgan fingerprint density at radius 1 is 0.786 bits per heavy atom. The lowest BCUT2D eigenvalue weighted by atomic mass is 10.0. The first-order valence-corrected chi connectivity index (χ1v) is 12.2. The summed E-state index contributed by atoms with van der Waals surface area (Å²) in [7, 11) is 0. The molecule has 160 valence electrons. The van der Waals surface area contributed by atoms with Gasteiger partial charge in [0.1, 0.15) is 5.75 Å². The zero-order valence-electron chi connectivity index (χ0n) is 17.8. The van der Waals surface area contributed by atoms with E-state index in [1.54, 1.807) is 0 Å². The molecule has 0 fully saturated rings. The number of nitrogens with one attached hydrogen (secondary N) is 1. The second kappa shape index (κ2) is 18.0. The fourth-order valence-electron chi connectivity index (χ4n) is 3.28. The first-order chi connectivity index (χ1) is 13.7. The minimum absolute atomic E-state index is 0.0439. The van der Waals surface area contributed by atoms with E-state index in [-0.39, 0.29) is 12.5 Å². The minimum Gasteiger partial charge on any atom is -0.484 e. The van der Waals surface area contributed by atoms with Crippen LogP contribution < -0.4 is 10.1 Å². The summed E-state index contributed by atoms with van der Waals surface area (Å²) in [5.74, 6) is 0.674. The number of hydrogen-bond acceptors (Lipinski definition) is 2. The van der Waals surface area contributed by atoms with Crippen molar-refractivity contribution in [2.45, 2.75) is 96.8 Å². The molecule has 1 aromatic carbocycles. The number of unbranched alkanes of at least 4 members (excludes halogenated alkanes) is 13. The second-order valence-electron chi connectivity index (χ2n) is 7.69. The molecule has 0 unspecified atom stereocenters. The van der Waals surface area contributed by atoms with Crippen LogP contribution in [0.1, 0.15) is 96.8 Å². The highest BCUT2D eigenvalue weighted by Crippen LogP contribution is 2.16. The predicted octanol–water partition coefficient (Wildman–Crippen LogP) is 7.43. The molecule has 0 saturated carbocycles. The molecule has 0 heterocycles. The Morgan fingerprint density at radius 3 is 1.75 bits per heavy atom. The summed E-state index contributed by atoms with van der Waals surface area (Å²) in [5.41, 5.74) is 0. The highest BCUT2D eigenvalue weighted by atomic mass is 79.9. The van der Waals surface area contributed by atoms with E-state index in [1.807, 2.05) is 24.3 Å². The maximum Gasteiger partial charge on any atom is 0.257 e. The first-order valence-electron chi connectivity index (χ1n) is 11.4. The van der Waals surface area contributed by atoms with Crippen molar-refractivity contribution in [1.82, 2.24) is 5.32 Å². The third-order valence-corrected chi connectivity index (χ3v) is 5.56. The number of halogens is 1. The van der Waals surface area contributed by atoms with Crippen molar-refractivity contribution < 1.29 is 9.53 Å². The third kappa shape index (κ3) is 15.0. The lowest BCUT2D eigenvalue weighted by Crippen LogP contribution is -2.29.